The van der Waals surface area contributed by atoms with Crippen LogP contribution in [0.2, 0.25) is 0 Å². The van der Waals surface area contributed by atoms with Crippen LogP contribution in [0.4, 0.5) is 17.6 Å². The Morgan fingerprint density at radius 3 is 2.52 bits per heavy atom. The molecule has 1 aromatic heterocycles. The number of nitrogens with one attached hydrogen (secondary N) is 1. The monoisotopic (exact) mass is 472 g/mol. The number of hydrogen-bond donors (Lipinski definition) is 2. The molecular formula is C21H24N6O5S. The molecule has 11 nitrogen and oxygen atoms in total. The van der Waals surface area contributed by atoms with E-state index in [1.807, 2.05) is 18.2 Å². The number of rotatable bonds is 8. The number of nitrogens with two attached hydrogens (primary N) is 1. The summed E-state index contributed by atoms with van der Waals surface area (Å²) in [4.78, 5) is 12.7. The van der Waals surface area contributed by atoms with E-state index in [0.717, 1.165) is 0 Å². The molecule has 174 valence electrons. The molecule has 0 atom stereocenters. The number of para-hydroxylation sites is 2. The van der Waals surface area contributed by atoms with E-state index in [2.05, 4.69) is 20.3 Å². The minimum absolute atomic E-state index is 0.0168. The van der Waals surface area contributed by atoms with Gasteiger partial charge in [0.1, 0.15) is 18.1 Å². The van der Waals surface area contributed by atoms with Crippen molar-refractivity contribution in [3.05, 3.63) is 54.4 Å². The van der Waals surface area contributed by atoms with Gasteiger partial charge in [-0.3, -0.25) is 0 Å². The Kier molecular flexibility index (Phi) is 6.87. The quantitative estimate of drug-likeness (QED) is 0.498. The summed E-state index contributed by atoms with van der Waals surface area (Å²) in [6.07, 6.45) is 0. The zero-order valence-corrected chi connectivity index (χ0v) is 18.8. The van der Waals surface area contributed by atoms with Crippen LogP contribution >= 0.6 is 0 Å². The number of ether oxygens (including phenoxy) is 3. The lowest BCUT2D eigenvalue weighted by Crippen LogP contribution is -2.40. The summed E-state index contributed by atoms with van der Waals surface area (Å²) in [5.41, 5.74) is 6.50. The molecule has 0 bridgehead atoms. The third-order valence-electron chi connectivity index (χ3n) is 4.85. The Balaban J connectivity index is 1.43. The first-order valence-corrected chi connectivity index (χ1v) is 11.6. The fourth-order valence-electron chi connectivity index (χ4n) is 3.22. The van der Waals surface area contributed by atoms with Crippen molar-refractivity contribution in [1.82, 2.24) is 19.3 Å². The summed E-state index contributed by atoms with van der Waals surface area (Å²) < 4.78 is 43.1. The Morgan fingerprint density at radius 2 is 1.79 bits per heavy atom. The lowest BCUT2D eigenvalue weighted by atomic mass is 10.3. The molecule has 3 aromatic rings. The van der Waals surface area contributed by atoms with Gasteiger partial charge in [-0.2, -0.15) is 19.3 Å². The van der Waals surface area contributed by atoms with Crippen LogP contribution in [0.1, 0.15) is 5.82 Å². The van der Waals surface area contributed by atoms with E-state index >= 15 is 0 Å². The van der Waals surface area contributed by atoms with E-state index in [1.54, 1.807) is 25.3 Å². The van der Waals surface area contributed by atoms with Crippen molar-refractivity contribution >= 4 is 27.6 Å². The molecular weight excluding hydrogens is 448 g/mol. The fourth-order valence-corrected chi connectivity index (χ4v) is 4.63. The molecule has 4 rings (SSSR count). The maximum Gasteiger partial charge on any atom is 0.243 e. The second-order valence-electron chi connectivity index (χ2n) is 7.04. The molecule has 0 saturated carbocycles. The second kappa shape index (κ2) is 9.98. The summed E-state index contributed by atoms with van der Waals surface area (Å²) in [5, 5.41) is 3.06. The Bertz CT molecular complexity index is 1200. The first-order chi connectivity index (χ1) is 16.0. The minimum atomic E-state index is -3.56. The number of benzene rings is 2. The smallest absolute Gasteiger partial charge is 0.243 e. The highest BCUT2D eigenvalue weighted by Gasteiger charge is 2.26. The molecule has 0 spiro atoms. The number of nitrogens with zero attached hydrogens (tertiary/aromatic N) is 4. The van der Waals surface area contributed by atoms with Crippen LogP contribution in [0, 0.1) is 0 Å². The Labute approximate surface area is 191 Å². The molecule has 0 radical (unpaired) electrons. The van der Waals surface area contributed by atoms with Gasteiger partial charge >= 0.3 is 0 Å². The minimum Gasteiger partial charge on any atom is -0.495 e. The summed E-state index contributed by atoms with van der Waals surface area (Å²) >= 11 is 0. The number of nitrogen functional groups attached to an aromatic ring is 1. The average molecular weight is 473 g/mol. The molecule has 1 aliphatic heterocycles. The van der Waals surface area contributed by atoms with Crippen LogP contribution in [0.5, 0.6) is 11.5 Å². The SMILES string of the molecule is COc1ccccc1Nc1nc(N)nc(COc2ccc(S(=O)(=O)N3CCOCC3)cc2)n1. The molecule has 2 heterocycles. The molecule has 1 aliphatic rings. The number of aromatic nitrogens is 3. The van der Waals surface area contributed by atoms with Crippen LogP contribution in [-0.2, 0) is 21.4 Å². The van der Waals surface area contributed by atoms with Gasteiger partial charge in [0.05, 0.1) is 30.9 Å². The van der Waals surface area contributed by atoms with Crippen LogP contribution in [0.15, 0.2) is 53.4 Å². The lowest BCUT2D eigenvalue weighted by molar-refractivity contribution is 0.0730. The Morgan fingerprint density at radius 1 is 1.06 bits per heavy atom. The van der Waals surface area contributed by atoms with E-state index in [4.69, 9.17) is 19.9 Å². The lowest BCUT2D eigenvalue weighted by Gasteiger charge is -2.26. The second-order valence-corrected chi connectivity index (χ2v) is 8.97. The molecule has 0 aliphatic carbocycles. The van der Waals surface area contributed by atoms with Gasteiger partial charge in [-0.1, -0.05) is 12.1 Å². The van der Waals surface area contributed by atoms with Crippen LogP contribution in [0.3, 0.4) is 0 Å². The van der Waals surface area contributed by atoms with Crippen LogP contribution < -0.4 is 20.5 Å². The van der Waals surface area contributed by atoms with Gasteiger partial charge in [0.2, 0.25) is 21.9 Å². The predicted octanol–water partition coefficient (Wildman–Crippen LogP) is 1.81. The number of anilines is 3. The maximum atomic E-state index is 12.7. The van der Waals surface area contributed by atoms with E-state index in [-0.39, 0.29) is 23.4 Å². The molecule has 12 heteroatoms. The van der Waals surface area contributed by atoms with Crippen molar-refractivity contribution in [2.24, 2.45) is 0 Å². The normalized spacial score (nSPS) is 14.6. The van der Waals surface area contributed by atoms with E-state index in [0.29, 0.717) is 49.3 Å². The van der Waals surface area contributed by atoms with Gasteiger partial charge in [0.15, 0.2) is 5.82 Å². The van der Waals surface area contributed by atoms with E-state index < -0.39 is 10.0 Å². The van der Waals surface area contributed by atoms with Gasteiger partial charge in [0, 0.05) is 13.1 Å². The number of hydrogen-bond acceptors (Lipinski definition) is 10. The highest BCUT2D eigenvalue weighted by atomic mass is 32.2. The number of morpholine rings is 1. The van der Waals surface area contributed by atoms with Gasteiger partial charge in [-0.05, 0) is 36.4 Å². The van der Waals surface area contributed by atoms with Crippen LogP contribution in [0.25, 0.3) is 0 Å². The largest absolute Gasteiger partial charge is 0.495 e. The zero-order chi connectivity index (χ0) is 23.3. The fraction of sp³-hybridized carbons (Fsp3) is 0.286. The summed E-state index contributed by atoms with van der Waals surface area (Å²) in [6.45, 7) is 1.48. The molecule has 33 heavy (non-hydrogen) atoms. The summed E-state index contributed by atoms with van der Waals surface area (Å²) in [7, 11) is -1.99. The molecule has 1 fully saturated rings. The third kappa shape index (κ3) is 5.48. The Hall–Kier alpha value is -3.48. The summed E-state index contributed by atoms with van der Waals surface area (Å²) in [5.74, 6) is 1.69. The zero-order valence-electron chi connectivity index (χ0n) is 18.0. The highest BCUT2D eigenvalue weighted by molar-refractivity contribution is 7.89. The molecule has 2 aromatic carbocycles. The van der Waals surface area contributed by atoms with Gasteiger partial charge in [-0.25, -0.2) is 8.42 Å². The number of sulfonamides is 1. The van der Waals surface area contributed by atoms with E-state index in [1.165, 1.54) is 16.4 Å². The maximum absolute atomic E-state index is 12.7. The predicted molar refractivity (Wildman–Crippen MR) is 121 cm³/mol. The molecule has 0 amide bonds. The third-order valence-corrected chi connectivity index (χ3v) is 6.76. The first kappa shape index (κ1) is 22.7. The molecule has 0 unspecified atom stereocenters. The van der Waals surface area contributed by atoms with Gasteiger partial charge in [-0.15, -0.1) is 0 Å². The van der Waals surface area contributed by atoms with Crippen molar-refractivity contribution in [2.75, 3.05) is 44.5 Å². The topological polar surface area (TPSA) is 142 Å². The van der Waals surface area contributed by atoms with Crippen molar-refractivity contribution in [3.8, 4) is 11.5 Å². The van der Waals surface area contributed by atoms with Crippen molar-refractivity contribution in [3.63, 3.8) is 0 Å². The van der Waals surface area contributed by atoms with Crippen molar-refractivity contribution < 1.29 is 22.6 Å². The van der Waals surface area contributed by atoms with Crippen molar-refractivity contribution in [2.45, 2.75) is 11.5 Å². The summed E-state index contributed by atoms with van der Waals surface area (Å²) in [6, 6.07) is 13.5. The van der Waals surface area contributed by atoms with Gasteiger partial charge < -0.3 is 25.3 Å². The van der Waals surface area contributed by atoms with Gasteiger partial charge in [0.25, 0.3) is 0 Å². The molecule has 1 saturated heterocycles. The highest BCUT2D eigenvalue weighted by Crippen LogP contribution is 2.26. The van der Waals surface area contributed by atoms with Crippen molar-refractivity contribution in [1.29, 1.82) is 0 Å². The number of methoxy groups -OCH3 is 1. The first-order valence-electron chi connectivity index (χ1n) is 10.2. The average Bonchev–Trinajstić information content (AvgIpc) is 2.83. The van der Waals surface area contributed by atoms with E-state index in [9.17, 15) is 8.42 Å². The molecule has 3 N–H and O–H groups in total. The standard InChI is InChI=1S/C21H24N6O5S/c1-30-18-5-3-2-4-17(18)23-21-25-19(24-20(22)26-21)14-32-15-6-8-16(9-7-15)33(28,29)27-10-12-31-13-11-27/h2-9H,10-14H2,1H3,(H3,22,23,24,25,26). The van der Waals surface area contributed by atoms with Crippen LogP contribution in [-0.4, -0.2) is 61.1 Å².